The predicted octanol–water partition coefficient (Wildman–Crippen LogP) is 3.87. The van der Waals surface area contributed by atoms with E-state index >= 15 is 0 Å². The van der Waals surface area contributed by atoms with Gasteiger partial charge in [0, 0.05) is 19.8 Å². The van der Waals surface area contributed by atoms with Crippen molar-refractivity contribution >= 4 is 27.6 Å². The average Bonchev–Trinajstić information content (AvgIpc) is 3.35. The van der Waals surface area contributed by atoms with Crippen molar-refractivity contribution in [2.75, 3.05) is 13.6 Å². The lowest BCUT2D eigenvalue weighted by Gasteiger charge is -2.16. The molecule has 0 bridgehead atoms. The Kier molecular flexibility index (Phi) is 5.34. The van der Waals surface area contributed by atoms with Crippen LogP contribution in [0, 0.1) is 0 Å². The quantitative estimate of drug-likeness (QED) is 0.543. The summed E-state index contributed by atoms with van der Waals surface area (Å²) in [6, 6.07) is 17.9. The number of amides is 2. The Bertz CT molecular complexity index is 1040. The van der Waals surface area contributed by atoms with Gasteiger partial charge in [-0.1, -0.05) is 30.3 Å². The van der Waals surface area contributed by atoms with Gasteiger partial charge in [-0.3, -0.25) is 0 Å². The van der Waals surface area contributed by atoms with Crippen LogP contribution in [0.2, 0.25) is 0 Å². The van der Waals surface area contributed by atoms with Gasteiger partial charge < -0.3 is 10.2 Å². The first-order valence-corrected chi connectivity index (χ1v) is 9.93. The summed E-state index contributed by atoms with van der Waals surface area (Å²) in [5.41, 5.74) is 3.08. The molecular formula is C21H21N5OS. The Morgan fingerprint density at radius 1 is 1.14 bits per heavy atom. The number of fused-ring (bicyclic) bond motifs is 1. The highest BCUT2D eigenvalue weighted by Crippen LogP contribution is 2.22. The summed E-state index contributed by atoms with van der Waals surface area (Å²) in [6.07, 6.45) is 4.56. The van der Waals surface area contributed by atoms with E-state index in [2.05, 4.69) is 15.4 Å². The Hall–Kier alpha value is -3.19. The zero-order valence-corrected chi connectivity index (χ0v) is 16.4. The molecule has 142 valence electrons. The minimum atomic E-state index is -0.102. The molecule has 2 heterocycles. The topological polar surface area (TPSA) is 63.1 Å². The molecule has 2 aromatic heterocycles. The summed E-state index contributed by atoms with van der Waals surface area (Å²) < 4.78 is 2.98. The van der Waals surface area contributed by atoms with E-state index in [-0.39, 0.29) is 6.03 Å². The van der Waals surface area contributed by atoms with Crippen molar-refractivity contribution in [3.63, 3.8) is 0 Å². The lowest BCUT2D eigenvalue weighted by molar-refractivity contribution is 0.207. The van der Waals surface area contributed by atoms with Gasteiger partial charge in [0.15, 0.2) is 0 Å². The molecule has 0 aliphatic carbocycles. The number of hydrogen-bond acceptors (Lipinski definition) is 4. The third kappa shape index (κ3) is 4.20. The van der Waals surface area contributed by atoms with Crippen molar-refractivity contribution in [2.24, 2.45) is 0 Å². The minimum absolute atomic E-state index is 0.102. The molecule has 0 saturated carbocycles. The van der Waals surface area contributed by atoms with Gasteiger partial charge in [0.2, 0.25) is 0 Å². The smallest absolute Gasteiger partial charge is 0.317 e. The van der Waals surface area contributed by atoms with E-state index in [4.69, 9.17) is 0 Å². The monoisotopic (exact) mass is 391 g/mol. The molecule has 6 nitrogen and oxygen atoms in total. The second-order valence-electron chi connectivity index (χ2n) is 6.54. The second-order valence-corrected chi connectivity index (χ2v) is 7.66. The van der Waals surface area contributed by atoms with Crippen LogP contribution in [0.1, 0.15) is 10.6 Å². The lowest BCUT2D eigenvalue weighted by atomic mass is 10.2. The van der Waals surface area contributed by atoms with Gasteiger partial charge in [0.1, 0.15) is 5.01 Å². The van der Waals surface area contributed by atoms with Gasteiger partial charge in [-0.05, 0) is 36.2 Å². The van der Waals surface area contributed by atoms with E-state index in [0.717, 1.165) is 32.9 Å². The number of urea groups is 1. The number of carbonyl (C=O) groups excluding carboxylic acids is 1. The first-order chi connectivity index (χ1) is 13.7. The van der Waals surface area contributed by atoms with Crippen molar-refractivity contribution in [2.45, 2.75) is 13.0 Å². The number of thiazole rings is 1. The van der Waals surface area contributed by atoms with Crippen LogP contribution in [-0.2, 0) is 13.0 Å². The van der Waals surface area contributed by atoms with Gasteiger partial charge in [-0.25, -0.2) is 14.5 Å². The molecule has 28 heavy (non-hydrogen) atoms. The number of benzene rings is 2. The number of para-hydroxylation sites is 2. The van der Waals surface area contributed by atoms with Crippen LogP contribution in [0.15, 0.2) is 67.0 Å². The van der Waals surface area contributed by atoms with Crippen LogP contribution in [-0.4, -0.2) is 39.3 Å². The number of rotatable bonds is 6. The third-order valence-electron chi connectivity index (χ3n) is 4.40. The van der Waals surface area contributed by atoms with Crippen LogP contribution in [0.25, 0.3) is 15.9 Å². The molecule has 2 aromatic carbocycles. The van der Waals surface area contributed by atoms with Gasteiger partial charge in [0.25, 0.3) is 0 Å². The fourth-order valence-corrected chi connectivity index (χ4v) is 3.94. The molecule has 4 rings (SSSR count). The summed E-state index contributed by atoms with van der Waals surface area (Å²) in [5, 5.41) is 8.28. The SMILES string of the molecule is CN(Cc1nc2ccccc2s1)C(=O)NCCc1cnn(-c2ccccc2)c1. The number of carbonyl (C=O) groups is 1. The number of nitrogens with zero attached hydrogens (tertiary/aromatic N) is 4. The molecular weight excluding hydrogens is 370 g/mol. The summed E-state index contributed by atoms with van der Waals surface area (Å²) in [4.78, 5) is 18.6. The molecule has 4 aromatic rings. The standard InChI is InChI=1S/C21H21N5OS/c1-25(15-20-24-18-9-5-6-10-19(18)28-20)21(27)22-12-11-16-13-23-26(14-16)17-7-3-2-4-8-17/h2-10,13-14H,11-12,15H2,1H3,(H,22,27). The fraction of sp³-hybridized carbons (Fsp3) is 0.190. The highest BCUT2D eigenvalue weighted by Gasteiger charge is 2.12. The van der Waals surface area contributed by atoms with E-state index in [1.54, 1.807) is 23.3 Å². The van der Waals surface area contributed by atoms with Gasteiger partial charge in [-0.2, -0.15) is 5.10 Å². The van der Waals surface area contributed by atoms with E-state index in [1.165, 1.54) is 0 Å². The Morgan fingerprint density at radius 3 is 2.75 bits per heavy atom. The van der Waals surface area contributed by atoms with Crippen LogP contribution < -0.4 is 5.32 Å². The molecule has 0 aliphatic rings. The number of hydrogen-bond donors (Lipinski definition) is 1. The van der Waals surface area contributed by atoms with Crippen molar-refractivity contribution in [3.05, 3.63) is 77.6 Å². The zero-order valence-electron chi connectivity index (χ0n) is 15.6. The summed E-state index contributed by atoms with van der Waals surface area (Å²) in [7, 11) is 1.79. The minimum Gasteiger partial charge on any atom is -0.338 e. The first kappa shape index (κ1) is 18.2. The summed E-state index contributed by atoms with van der Waals surface area (Å²) in [6.45, 7) is 1.06. The molecule has 2 amide bonds. The summed E-state index contributed by atoms with van der Waals surface area (Å²) >= 11 is 1.62. The molecule has 0 saturated heterocycles. The molecule has 0 radical (unpaired) electrons. The number of aromatic nitrogens is 3. The van der Waals surface area contributed by atoms with Gasteiger partial charge >= 0.3 is 6.03 Å². The zero-order chi connectivity index (χ0) is 19.3. The number of nitrogens with one attached hydrogen (secondary N) is 1. The van der Waals surface area contributed by atoms with E-state index in [9.17, 15) is 4.79 Å². The maximum atomic E-state index is 12.4. The molecule has 0 atom stereocenters. The van der Waals surface area contributed by atoms with Crippen LogP contribution >= 0.6 is 11.3 Å². The molecule has 0 aliphatic heterocycles. The second kappa shape index (κ2) is 8.22. The molecule has 0 spiro atoms. The Morgan fingerprint density at radius 2 is 1.93 bits per heavy atom. The predicted molar refractivity (Wildman–Crippen MR) is 112 cm³/mol. The van der Waals surface area contributed by atoms with Gasteiger partial charge in [-0.15, -0.1) is 11.3 Å². The first-order valence-electron chi connectivity index (χ1n) is 9.11. The van der Waals surface area contributed by atoms with Crippen LogP contribution in [0.4, 0.5) is 4.79 Å². The Labute approximate surface area is 167 Å². The van der Waals surface area contributed by atoms with E-state index in [1.807, 2.05) is 71.7 Å². The molecule has 0 unspecified atom stereocenters. The maximum Gasteiger partial charge on any atom is 0.317 e. The maximum absolute atomic E-state index is 12.4. The Balaban J connectivity index is 1.27. The van der Waals surface area contributed by atoms with Crippen molar-refractivity contribution < 1.29 is 4.79 Å². The van der Waals surface area contributed by atoms with Crippen LogP contribution in [0.5, 0.6) is 0 Å². The van der Waals surface area contributed by atoms with E-state index < -0.39 is 0 Å². The fourth-order valence-electron chi connectivity index (χ4n) is 2.92. The molecule has 0 fully saturated rings. The molecule has 1 N–H and O–H groups in total. The average molecular weight is 392 g/mol. The molecule has 7 heteroatoms. The highest BCUT2D eigenvalue weighted by atomic mass is 32.1. The van der Waals surface area contributed by atoms with Crippen LogP contribution in [0.3, 0.4) is 0 Å². The lowest BCUT2D eigenvalue weighted by Crippen LogP contribution is -2.37. The van der Waals surface area contributed by atoms with Gasteiger partial charge in [0.05, 0.1) is 28.6 Å². The highest BCUT2D eigenvalue weighted by molar-refractivity contribution is 7.18. The van der Waals surface area contributed by atoms with Crippen molar-refractivity contribution in [1.82, 2.24) is 25.0 Å². The van der Waals surface area contributed by atoms with E-state index in [0.29, 0.717) is 13.1 Å². The van der Waals surface area contributed by atoms with Crippen molar-refractivity contribution in [3.8, 4) is 5.69 Å². The normalized spacial score (nSPS) is 10.9. The third-order valence-corrected chi connectivity index (χ3v) is 5.43. The largest absolute Gasteiger partial charge is 0.338 e. The summed E-state index contributed by atoms with van der Waals surface area (Å²) in [5.74, 6) is 0. The van der Waals surface area contributed by atoms with Crippen molar-refractivity contribution in [1.29, 1.82) is 0 Å².